The Labute approximate surface area is 151 Å². The van der Waals surface area contributed by atoms with Crippen LogP contribution in [0.5, 0.6) is 5.75 Å². The molecule has 0 radical (unpaired) electrons. The van der Waals surface area contributed by atoms with Gasteiger partial charge >= 0.3 is 5.97 Å². The molecule has 0 spiro atoms. The van der Waals surface area contributed by atoms with Crippen LogP contribution in [0.3, 0.4) is 0 Å². The molecular weight excluding hydrogens is 332 g/mol. The van der Waals surface area contributed by atoms with E-state index >= 15 is 0 Å². The van der Waals surface area contributed by atoms with E-state index < -0.39 is 24.0 Å². The predicted molar refractivity (Wildman–Crippen MR) is 95.7 cm³/mol. The Bertz CT molecular complexity index is 898. The highest BCUT2D eigenvalue weighted by molar-refractivity contribution is 5.99. The number of methoxy groups -OCH3 is 1. The molecule has 1 fully saturated rings. The number of nitriles is 1. The van der Waals surface area contributed by atoms with Crippen LogP contribution < -0.4 is 10.1 Å². The molecule has 1 atom stereocenters. The second-order valence-electron chi connectivity index (χ2n) is 6.61. The van der Waals surface area contributed by atoms with Crippen LogP contribution in [0.2, 0.25) is 0 Å². The zero-order valence-electron chi connectivity index (χ0n) is 14.7. The number of fused-ring (bicyclic) bond motifs is 1. The molecule has 2 aromatic rings. The molecule has 1 aliphatic carbocycles. The average Bonchev–Trinajstić information content (AvgIpc) is 3.50. The van der Waals surface area contributed by atoms with Gasteiger partial charge in [-0.05, 0) is 48.6 Å². The van der Waals surface area contributed by atoms with Gasteiger partial charge in [-0.1, -0.05) is 24.3 Å². The third-order valence-electron chi connectivity index (χ3n) is 4.65. The van der Waals surface area contributed by atoms with E-state index in [1.54, 1.807) is 19.1 Å². The second kappa shape index (κ2) is 7.04. The van der Waals surface area contributed by atoms with Gasteiger partial charge in [-0.2, -0.15) is 5.26 Å². The molecule has 0 heterocycles. The minimum absolute atomic E-state index is 0.160. The van der Waals surface area contributed by atoms with Crippen molar-refractivity contribution in [3.63, 3.8) is 0 Å². The van der Waals surface area contributed by atoms with E-state index in [1.807, 2.05) is 24.3 Å². The van der Waals surface area contributed by atoms with Gasteiger partial charge < -0.3 is 14.8 Å². The number of carbonyl (C=O) groups is 2. The van der Waals surface area contributed by atoms with Gasteiger partial charge in [-0.15, -0.1) is 0 Å². The lowest BCUT2D eigenvalue weighted by atomic mass is 9.98. The monoisotopic (exact) mass is 352 g/mol. The van der Waals surface area contributed by atoms with E-state index in [4.69, 9.17) is 9.47 Å². The number of carbonyl (C=O) groups excluding carboxylic acids is 2. The van der Waals surface area contributed by atoms with Gasteiger partial charge in [-0.3, -0.25) is 4.79 Å². The van der Waals surface area contributed by atoms with Gasteiger partial charge in [0.1, 0.15) is 16.9 Å². The smallest absolute Gasteiger partial charge is 0.342 e. The summed E-state index contributed by atoms with van der Waals surface area (Å²) in [4.78, 5) is 24.5. The molecule has 0 bridgehead atoms. The summed E-state index contributed by atoms with van der Waals surface area (Å²) >= 11 is 0. The Kier molecular flexibility index (Phi) is 4.81. The minimum Gasteiger partial charge on any atom is -0.496 e. The quantitative estimate of drug-likeness (QED) is 0.808. The zero-order chi connectivity index (χ0) is 18.7. The fourth-order valence-electron chi connectivity index (χ4n) is 2.96. The summed E-state index contributed by atoms with van der Waals surface area (Å²) in [5, 5.41) is 13.8. The Balaban J connectivity index is 1.69. The molecule has 1 aliphatic rings. The Morgan fingerprint density at radius 3 is 2.50 bits per heavy atom. The highest BCUT2D eigenvalue weighted by atomic mass is 16.5. The third-order valence-corrected chi connectivity index (χ3v) is 4.65. The largest absolute Gasteiger partial charge is 0.496 e. The van der Waals surface area contributed by atoms with Crippen LogP contribution in [0, 0.1) is 17.2 Å². The summed E-state index contributed by atoms with van der Waals surface area (Å²) < 4.78 is 10.4. The topological polar surface area (TPSA) is 88.4 Å². The first-order valence-corrected chi connectivity index (χ1v) is 8.43. The molecule has 6 heteroatoms. The summed E-state index contributed by atoms with van der Waals surface area (Å²) in [5.74, 6) is -0.594. The highest BCUT2D eigenvalue weighted by Gasteiger charge is 2.43. The average molecular weight is 352 g/mol. The van der Waals surface area contributed by atoms with E-state index in [-0.39, 0.29) is 11.5 Å². The van der Waals surface area contributed by atoms with Crippen molar-refractivity contribution in [1.82, 2.24) is 5.32 Å². The van der Waals surface area contributed by atoms with Crippen LogP contribution in [0.25, 0.3) is 10.8 Å². The lowest BCUT2D eigenvalue weighted by Crippen LogP contribution is -2.48. The first kappa shape index (κ1) is 17.7. The van der Waals surface area contributed by atoms with Gasteiger partial charge in [0.25, 0.3) is 5.91 Å². The lowest BCUT2D eigenvalue weighted by Gasteiger charge is -2.22. The maximum atomic E-state index is 12.4. The van der Waals surface area contributed by atoms with Gasteiger partial charge in [-0.25, -0.2) is 4.79 Å². The highest BCUT2D eigenvalue weighted by Crippen LogP contribution is 2.39. The van der Waals surface area contributed by atoms with Crippen LogP contribution >= 0.6 is 0 Å². The standard InChI is InChI=1S/C20H20N2O4/c1-20(12-21,15-7-8-15)22-18(23)11-26-19(24)16-9-13-5-3-4-6-14(13)10-17(16)25-2/h3-6,9-10,15H,7-8,11H2,1-2H3,(H,22,23)/t20-/m0/s1. The fourth-order valence-corrected chi connectivity index (χ4v) is 2.96. The minimum atomic E-state index is -0.913. The van der Waals surface area contributed by atoms with Crippen molar-refractivity contribution >= 4 is 22.6 Å². The summed E-state index contributed by atoms with van der Waals surface area (Å²) in [5.41, 5.74) is -0.659. The predicted octanol–water partition coefficient (Wildman–Crippen LogP) is 2.81. The summed E-state index contributed by atoms with van der Waals surface area (Å²) in [6, 6.07) is 13.1. The Hall–Kier alpha value is -3.07. The third kappa shape index (κ3) is 3.62. The van der Waals surface area contributed by atoms with Crippen LogP contribution in [-0.2, 0) is 9.53 Å². The summed E-state index contributed by atoms with van der Waals surface area (Å²) in [6.45, 7) is 1.25. The van der Waals surface area contributed by atoms with Crippen molar-refractivity contribution in [1.29, 1.82) is 5.26 Å². The number of benzene rings is 2. The van der Waals surface area contributed by atoms with Crippen LogP contribution in [0.4, 0.5) is 0 Å². The van der Waals surface area contributed by atoms with Crippen molar-refractivity contribution in [2.24, 2.45) is 5.92 Å². The van der Waals surface area contributed by atoms with Gasteiger partial charge in [0.15, 0.2) is 6.61 Å². The van der Waals surface area contributed by atoms with Gasteiger partial charge in [0, 0.05) is 0 Å². The molecule has 0 unspecified atom stereocenters. The molecule has 134 valence electrons. The molecule has 6 nitrogen and oxygen atoms in total. The maximum absolute atomic E-state index is 12.4. The van der Waals surface area contributed by atoms with E-state index in [1.165, 1.54) is 7.11 Å². The number of nitrogens with zero attached hydrogens (tertiary/aromatic N) is 1. The number of hydrogen-bond donors (Lipinski definition) is 1. The Morgan fingerprint density at radius 2 is 1.92 bits per heavy atom. The number of nitrogens with one attached hydrogen (secondary N) is 1. The molecule has 0 aromatic heterocycles. The fraction of sp³-hybridized carbons (Fsp3) is 0.350. The molecule has 1 saturated carbocycles. The van der Waals surface area contributed by atoms with Crippen molar-refractivity contribution in [2.45, 2.75) is 25.3 Å². The molecule has 1 amide bonds. The van der Waals surface area contributed by atoms with Crippen LogP contribution in [0.1, 0.15) is 30.1 Å². The molecule has 2 aromatic carbocycles. The van der Waals surface area contributed by atoms with E-state index in [0.29, 0.717) is 5.75 Å². The first-order valence-electron chi connectivity index (χ1n) is 8.43. The van der Waals surface area contributed by atoms with Gasteiger partial charge in [0.2, 0.25) is 0 Å². The van der Waals surface area contributed by atoms with Crippen molar-refractivity contribution in [2.75, 3.05) is 13.7 Å². The second-order valence-corrected chi connectivity index (χ2v) is 6.61. The van der Waals surface area contributed by atoms with Gasteiger partial charge in [0.05, 0.1) is 13.2 Å². The zero-order valence-corrected chi connectivity index (χ0v) is 14.7. The number of hydrogen-bond acceptors (Lipinski definition) is 5. The number of amides is 1. The van der Waals surface area contributed by atoms with Crippen molar-refractivity contribution in [3.8, 4) is 11.8 Å². The first-order chi connectivity index (χ1) is 12.5. The maximum Gasteiger partial charge on any atom is 0.342 e. The van der Waals surface area contributed by atoms with E-state index in [9.17, 15) is 14.9 Å². The number of rotatable bonds is 6. The number of ether oxygens (including phenoxy) is 2. The SMILES string of the molecule is COc1cc2ccccc2cc1C(=O)OCC(=O)N[C@@](C)(C#N)C1CC1. The Morgan fingerprint density at radius 1 is 1.27 bits per heavy atom. The molecule has 26 heavy (non-hydrogen) atoms. The van der Waals surface area contributed by atoms with E-state index in [0.717, 1.165) is 23.6 Å². The molecule has 1 N–H and O–H groups in total. The lowest BCUT2D eigenvalue weighted by molar-refractivity contribution is -0.125. The van der Waals surface area contributed by atoms with Crippen LogP contribution in [-0.4, -0.2) is 31.1 Å². The molecule has 3 rings (SSSR count). The molecule has 0 aliphatic heterocycles. The summed E-state index contributed by atoms with van der Waals surface area (Å²) in [6.07, 6.45) is 1.83. The summed E-state index contributed by atoms with van der Waals surface area (Å²) in [7, 11) is 1.47. The van der Waals surface area contributed by atoms with Crippen molar-refractivity contribution in [3.05, 3.63) is 42.0 Å². The van der Waals surface area contributed by atoms with E-state index in [2.05, 4.69) is 11.4 Å². The molecular formula is C20H20N2O4. The normalized spacial score (nSPS) is 15.6. The number of esters is 1. The van der Waals surface area contributed by atoms with Crippen LogP contribution in [0.15, 0.2) is 36.4 Å². The van der Waals surface area contributed by atoms with Crippen molar-refractivity contribution < 1.29 is 19.1 Å². The molecule has 0 saturated heterocycles.